The van der Waals surface area contributed by atoms with Gasteiger partial charge in [-0.25, -0.2) is 4.98 Å². The van der Waals surface area contributed by atoms with Gasteiger partial charge in [0.15, 0.2) is 0 Å². The molecule has 0 saturated heterocycles. The number of carbonyl (C=O) groups is 1. The second-order valence-electron chi connectivity index (χ2n) is 6.07. The molecule has 0 bridgehead atoms. The molecule has 0 saturated carbocycles. The maximum Gasteiger partial charge on any atom is 0.227 e. The molecular formula is C18H25N3O. The van der Waals surface area contributed by atoms with Crippen LogP contribution >= 0.6 is 0 Å². The molecule has 0 aliphatic rings. The van der Waals surface area contributed by atoms with Crippen molar-refractivity contribution < 1.29 is 4.79 Å². The first-order chi connectivity index (χ1) is 10.5. The third-order valence-corrected chi connectivity index (χ3v) is 3.87. The Morgan fingerprint density at radius 1 is 1.32 bits per heavy atom. The Kier molecular flexibility index (Phi) is 5.36. The highest BCUT2D eigenvalue weighted by molar-refractivity contribution is 5.92. The van der Waals surface area contributed by atoms with E-state index in [1.54, 1.807) is 0 Å². The standard InChI is InChI=1S/C18H25N3O/c1-5-14(4)18(22)20-16-8-6-7-15(11-16)12-21-10-9-19-17(21)13(2)3/h6-11,13-14H,5,12H2,1-4H3,(H,20,22)/t14-/m0/s1. The molecule has 1 heterocycles. The number of aromatic nitrogens is 2. The Labute approximate surface area is 132 Å². The summed E-state index contributed by atoms with van der Waals surface area (Å²) in [6, 6.07) is 8.02. The molecule has 0 aliphatic carbocycles. The maximum atomic E-state index is 12.0. The lowest BCUT2D eigenvalue weighted by Gasteiger charge is -2.13. The van der Waals surface area contributed by atoms with Crippen molar-refractivity contribution in [2.24, 2.45) is 5.92 Å². The number of hydrogen-bond donors (Lipinski definition) is 1. The number of anilines is 1. The molecular weight excluding hydrogens is 274 g/mol. The van der Waals surface area contributed by atoms with Crippen LogP contribution in [0.15, 0.2) is 36.7 Å². The molecule has 0 unspecified atom stereocenters. The Bertz CT molecular complexity index is 631. The van der Waals surface area contributed by atoms with Gasteiger partial charge in [0, 0.05) is 36.5 Å². The summed E-state index contributed by atoms with van der Waals surface area (Å²) < 4.78 is 2.15. The summed E-state index contributed by atoms with van der Waals surface area (Å²) in [5, 5.41) is 2.99. The van der Waals surface area contributed by atoms with Crippen molar-refractivity contribution in [3.05, 3.63) is 48.0 Å². The van der Waals surface area contributed by atoms with Crippen molar-refractivity contribution in [1.29, 1.82) is 0 Å². The average molecular weight is 299 g/mol. The average Bonchev–Trinajstić information content (AvgIpc) is 2.95. The Balaban J connectivity index is 2.11. The van der Waals surface area contributed by atoms with Crippen molar-refractivity contribution >= 4 is 11.6 Å². The fourth-order valence-corrected chi connectivity index (χ4v) is 2.35. The van der Waals surface area contributed by atoms with Gasteiger partial charge in [0.25, 0.3) is 0 Å². The molecule has 4 nitrogen and oxygen atoms in total. The predicted octanol–water partition coefficient (Wildman–Crippen LogP) is 4.04. The van der Waals surface area contributed by atoms with E-state index >= 15 is 0 Å². The number of benzene rings is 1. The highest BCUT2D eigenvalue weighted by atomic mass is 16.1. The zero-order valence-corrected chi connectivity index (χ0v) is 13.8. The smallest absolute Gasteiger partial charge is 0.227 e. The van der Waals surface area contributed by atoms with Gasteiger partial charge in [-0.3, -0.25) is 4.79 Å². The van der Waals surface area contributed by atoms with Gasteiger partial charge in [-0.15, -0.1) is 0 Å². The zero-order chi connectivity index (χ0) is 16.1. The molecule has 2 aromatic rings. The second-order valence-corrected chi connectivity index (χ2v) is 6.07. The topological polar surface area (TPSA) is 46.9 Å². The van der Waals surface area contributed by atoms with Crippen LogP contribution in [-0.4, -0.2) is 15.5 Å². The number of imidazole rings is 1. The van der Waals surface area contributed by atoms with Gasteiger partial charge in [-0.2, -0.15) is 0 Å². The highest BCUT2D eigenvalue weighted by Crippen LogP contribution is 2.17. The van der Waals surface area contributed by atoms with Gasteiger partial charge >= 0.3 is 0 Å². The van der Waals surface area contributed by atoms with Crippen LogP contribution in [0.4, 0.5) is 5.69 Å². The van der Waals surface area contributed by atoms with Crippen LogP contribution in [0.1, 0.15) is 51.4 Å². The van der Waals surface area contributed by atoms with Crippen LogP contribution in [-0.2, 0) is 11.3 Å². The molecule has 0 spiro atoms. The van der Waals surface area contributed by atoms with E-state index in [4.69, 9.17) is 0 Å². The van der Waals surface area contributed by atoms with E-state index in [1.165, 1.54) is 0 Å². The van der Waals surface area contributed by atoms with Gasteiger partial charge in [-0.1, -0.05) is 39.8 Å². The molecule has 1 aromatic heterocycles. The Morgan fingerprint density at radius 2 is 2.09 bits per heavy atom. The molecule has 0 radical (unpaired) electrons. The molecule has 0 aliphatic heterocycles. The minimum absolute atomic E-state index is 0.0323. The van der Waals surface area contributed by atoms with E-state index in [-0.39, 0.29) is 11.8 Å². The molecule has 1 amide bonds. The van der Waals surface area contributed by atoms with Crippen LogP contribution in [0.2, 0.25) is 0 Å². The van der Waals surface area contributed by atoms with E-state index in [1.807, 2.05) is 44.4 Å². The summed E-state index contributed by atoms with van der Waals surface area (Å²) >= 11 is 0. The lowest BCUT2D eigenvalue weighted by molar-refractivity contribution is -0.119. The predicted molar refractivity (Wildman–Crippen MR) is 89.9 cm³/mol. The van der Waals surface area contributed by atoms with Crippen LogP contribution in [0.5, 0.6) is 0 Å². The zero-order valence-electron chi connectivity index (χ0n) is 13.8. The Hall–Kier alpha value is -2.10. The fraction of sp³-hybridized carbons (Fsp3) is 0.444. The van der Waals surface area contributed by atoms with E-state index in [9.17, 15) is 4.79 Å². The normalized spacial score (nSPS) is 12.4. The minimum atomic E-state index is 0.0323. The molecule has 2 rings (SSSR count). The summed E-state index contributed by atoms with van der Waals surface area (Å²) in [5.74, 6) is 1.58. The summed E-state index contributed by atoms with van der Waals surface area (Å²) in [5.41, 5.74) is 2.01. The van der Waals surface area contributed by atoms with Crippen LogP contribution < -0.4 is 5.32 Å². The lowest BCUT2D eigenvalue weighted by atomic mass is 10.1. The number of nitrogens with one attached hydrogen (secondary N) is 1. The van der Waals surface area contributed by atoms with E-state index < -0.39 is 0 Å². The molecule has 118 valence electrons. The molecule has 0 fully saturated rings. The molecule has 1 N–H and O–H groups in total. The van der Waals surface area contributed by atoms with Gasteiger partial charge in [0.1, 0.15) is 5.82 Å². The number of amides is 1. The summed E-state index contributed by atoms with van der Waals surface area (Å²) in [6.45, 7) is 9.01. The number of rotatable bonds is 6. The van der Waals surface area contributed by atoms with Crippen molar-refractivity contribution in [2.75, 3.05) is 5.32 Å². The van der Waals surface area contributed by atoms with Gasteiger partial charge < -0.3 is 9.88 Å². The first kappa shape index (κ1) is 16.3. The molecule has 1 aromatic carbocycles. The van der Waals surface area contributed by atoms with Crippen LogP contribution in [0.3, 0.4) is 0 Å². The minimum Gasteiger partial charge on any atom is -0.330 e. The monoisotopic (exact) mass is 299 g/mol. The molecule has 22 heavy (non-hydrogen) atoms. The van der Waals surface area contributed by atoms with E-state index in [2.05, 4.69) is 34.8 Å². The third-order valence-electron chi connectivity index (χ3n) is 3.87. The molecule has 4 heteroatoms. The highest BCUT2D eigenvalue weighted by Gasteiger charge is 2.11. The van der Waals surface area contributed by atoms with E-state index in [0.29, 0.717) is 5.92 Å². The van der Waals surface area contributed by atoms with Crippen molar-refractivity contribution in [2.45, 2.75) is 46.6 Å². The summed E-state index contributed by atoms with van der Waals surface area (Å²) in [6.07, 6.45) is 4.68. The van der Waals surface area contributed by atoms with Crippen molar-refractivity contribution in [3.63, 3.8) is 0 Å². The second kappa shape index (κ2) is 7.25. The van der Waals surface area contributed by atoms with Gasteiger partial charge in [0.2, 0.25) is 5.91 Å². The number of hydrogen-bond acceptors (Lipinski definition) is 2. The van der Waals surface area contributed by atoms with Gasteiger partial charge in [0.05, 0.1) is 0 Å². The third kappa shape index (κ3) is 3.97. The van der Waals surface area contributed by atoms with Crippen molar-refractivity contribution in [3.8, 4) is 0 Å². The first-order valence-electron chi connectivity index (χ1n) is 7.92. The first-order valence-corrected chi connectivity index (χ1v) is 7.92. The molecule has 1 atom stereocenters. The van der Waals surface area contributed by atoms with E-state index in [0.717, 1.165) is 30.0 Å². The van der Waals surface area contributed by atoms with Gasteiger partial charge in [-0.05, 0) is 24.1 Å². The quantitative estimate of drug-likeness (QED) is 0.875. The fourth-order valence-electron chi connectivity index (χ4n) is 2.35. The maximum absolute atomic E-state index is 12.0. The summed E-state index contributed by atoms with van der Waals surface area (Å²) in [4.78, 5) is 16.4. The largest absolute Gasteiger partial charge is 0.330 e. The van der Waals surface area contributed by atoms with Crippen LogP contribution in [0.25, 0.3) is 0 Å². The summed E-state index contributed by atoms with van der Waals surface area (Å²) in [7, 11) is 0. The lowest BCUT2D eigenvalue weighted by Crippen LogP contribution is -2.19. The number of nitrogens with zero attached hydrogens (tertiary/aromatic N) is 2. The van der Waals surface area contributed by atoms with Crippen LogP contribution in [0, 0.1) is 5.92 Å². The SMILES string of the molecule is CC[C@H](C)C(=O)Nc1cccc(Cn2ccnc2C(C)C)c1. The number of carbonyl (C=O) groups excluding carboxylic acids is 1. The Morgan fingerprint density at radius 3 is 2.77 bits per heavy atom. The van der Waals surface area contributed by atoms with Crippen molar-refractivity contribution in [1.82, 2.24) is 9.55 Å².